The lowest BCUT2D eigenvalue weighted by molar-refractivity contribution is -0.118. The second-order valence-corrected chi connectivity index (χ2v) is 6.63. The predicted molar refractivity (Wildman–Crippen MR) is 94.6 cm³/mol. The first-order valence-electron chi connectivity index (χ1n) is 8.16. The van der Waals surface area contributed by atoms with E-state index in [1.807, 2.05) is 19.9 Å². The molecule has 2 aromatic rings. The van der Waals surface area contributed by atoms with Crippen molar-refractivity contribution in [1.82, 2.24) is 30.0 Å². The SMILES string of the molecule is CCCCCCNC(=O)CSc1nnc(-n2nc(C)cc2C)n1N. The lowest BCUT2D eigenvalue weighted by Crippen LogP contribution is -2.26. The van der Waals surface area contributed by atoms with Crippen LogP contribution in [0.2, 0.25) is 0 Å². The van der Waals surface area contributed by atoms with E-state index in [1.165, 1.54) is 29.3 Å². The molecule has 0 fully saturated rings. The third-order valence-electron chi connectivity index (χ3n) is 3.53. The summed E-state index contributed by atoms with van der Waals surface area (Å²) in [5, 5.41) is 15.8. The van der Waals surface area contributed by atoms with Crippen LogP contribution < -0.4 is 11.2 Å². The van der Waals surface area contributed by atoms with Crippen LogP contribution in [0, 0.1) is 13.8 Å². The van der Waals surface area contributed by atoms with Crippen molar-refractivity contribution in [3.05, 3.63) is 17.5 Å². The van der Waals surface area contributed by atoms with Gasteiger partial charge in [-0.05, 0) is 26.3 Å². The molecule has 2 rings (SSSR count). The second kappa shape index (κ2) is 8.72. The Kier molecular flexibility index (Phi) is 6.65. The van der Waals surface area contributed by atoms with Gasteiger partial charge in [-0.1, -0.05) is 37.9 Å². The Bertz CT molecular complexity index is 679. The Balaban J connectivity index is 1.86. The Morgan fingerprint density at radius 1 is 1.29 bits per heavy atom. The summed E-state index contributed by atoms with van der Waals surface area (Å²) in [5.74, 6) is 6.71. The lowest BCUT2D eigenvalue weighted by atomic mass is 10.2. The first-order chi connectivity index (χ1) is 11.5. The number of unbranched alkanes of at least 4 members (excludes halogenated alkanes) is 3. The van der Waals surface area contributed by atoms with Crippen LogP contribution in [0.1, 0.15) is 44.0 Å². The number of thioether (sulfide) groups is 1. The molecule has 9 heteroatoms. The zero-order chi connectivity index (χ0) is 17.5. The topological polar surface area (TPSA) is 104 Å². The number of amides is 1. The number of nitrogens with two attached hydrogens (primary N) is 1. The van der Waals surface area contributed by atoms with Gasteiger partial charge in [-0.2, -0.15) is 5.10 Å². The molecule has 132 valence electrons. The number of nitrogens with zero attached hydrogens (tertiary/aromatic N) is 5. The van der Waals surface area contributed by atoms with E-state index >= 15 is 0 Å². The molecule has 24 heavy (non-hydrogen) atoms. The number of rotatable bonds is 9. The molecular weight excluding hydrogens is 326 g/mol. The maximum Gasteiger partial charge on any atom is 0.271 e. The molecule has 0 atom stereocenters. The molecule has 0 bridgehead atoms. The monoisotopic (exact) mass is 351 g/mol. The molecule has 1 amide bonds. The van der Waals surface area contributed by atoms with Crippen LogP contribution in [0.25, 0.3) is 5.95 Å². The van der Waals surface area contributed by atoms with Crippen molar-refractivity contribution in [2.24, 2.45) is 0 Å². The van der Waals surface area contributed by atoms with Crippen LogP contribution in [0.5, 0.6) is 0 Å². The molecule has 0 aromatic carbocycles. The summed E-state index contributed by atoms with van der Waals surface area (Å²) in [6.07, 6.45) is 4.55. The number of carbonyl (C=O) groups is 1. The Morgan fingerprint density at radius 3 is 2.75 bits per heavy atom. The molecule has 0 aliphatic carbocycles. The van der Waals surface area contributed by atoms with Gasteiger partial charge in [0.25, 0.3) is 5.95 Å². The molecular formula is C15H25N7OS. The highest BCUT2D eigenvalue weighted by molar-refractivity contribution is 7.99. The van der Waals surface area contributed by atoms with Crippen molar-refractivity contribution < 1.29 is 4.79 Å². The Morgan fingerprint density at radius 2 is 2.08 bits per heavy atom. The predicted octanol–water partition coefficient (Wildman–Crippen LogP) is 1.58. The van der Waals surface area contributed by atoms with Gasteiger partial charge in [0.05, 0.1) is 11.4 Å². The van der Waals surface area contributed by atoms with Gasteiger partial charge in [0.15, 0.2) is 0 Å². The normalized spacial score (nSPS) is 11.0. The van der Waals surface area contributed by atoms with Crippen molar-refractivity contribution in [1.29, 1.82) is 0 Å². The molecule has 3 N–H and O–H groups in total. The van der Waals surface area contributed by atoms with Crippen molar-refractivity contribution >= 4 is 17.7 Å². The van der Waals surface area contributed by atoms with E-state index in [0.29, 0.717) is 17.6 Å². The fraction of sp³-hybridized carbons (Fsp3) is 0.600. The van der Waals surface area contributed by atoms with E-state index in [0.717, 1.165) is 24.2 Å². The number of hydrogen-bond donors (Lipinski definition) is 2. The number of nitrogen functional groups attached to an aromatic ring is 1. The summed E-state index contributed by atoms with van der Waals surface area (Å²) in [7, 11) is 0. The van der Waals surface area contributed by atoms with E-state index in [-0.39, 0.29) is 11.7 Å². The molecule has 0 aliphatic rings. The fourth-order valence-corrected chi connectivity index (χ4v) is 2.99. The van der Waals surface area contributed by atoms with Gasteiger partial charge in [-0.25, -0.2) is 9.36 Å². The standard InChI is InChI=1S/C15H25N7OS/c1-4-5-6-7-8-17-13(23)10-24-15-19-18-14(21(15)16)22-12(3)9-11(2)20-22/h9H,4-8,10,16H2,1-3H3,(H,17,23). The molecule has 0 saturated carbocycles. The van der Waals surface area contributed by atoms with E-state index < -0.39 is 0 Å². The minimum absolute atomic E-state index is 0.0211. The van der Waals surface area contributed by atoms with Crippen LogP contribution in [0.15, 0.2) is 11.2 Å². The highest BCUT2D eigenvalue weighted by Crippen LogP contribution is 2.17. The molecule has 0 saturated heterocycles. The molecule has 0 radical (unpaired) electrons. The molecule has 0 spiro atoms. The van der Waals surface area contributed by atoms with Gasteiger partial charge < -0.3 is 11.2 Å². The largest absolute Gasteiger partial charge is 0.355 e. The zero-order valence-electron chi connectivity index (χ0n) is 14.4. The average Bonchev–Trinajstić information content (AvgIpc) is 3.07. The molecule has 8 nitrogen and oxygen atoms in total. The van der Waals surface area contributed by atoms with E-state index in [4.69, 9.17) is 5.84 Å². The average molecular weight is 351 g/mol. The number of nitrogens with one attached hydrogen (secondary N) is 1. The minimum Gasteiger partial charge on any atom is -0.355 e. The van der Waals surface area contributed by atoms with Gasteiger partial charge in [0, 0.05) is 12.2 Å². The molecule has 2 heterocycles. The molecule has 0 aliphatic heterocycles. The second-order valence-electron chi connectivity index (χ2n) is 5.69. The van der Waals surface area contributed by atoms with Crippen LogP contribution in [0.4, 0.5) is 0 Å². The Hall–Kier alpha value is -2.03. The van der Waals surface area contributed by atoms with Gasteiger partial charge in [0.1, 0.15) is 0 Å². The third-order valence-corrected chi connectivity index (χ3v) is 4.47. The van der Waals surface area contributed by atoms with Crippen LogP contribution in [-0.2, 0) is 4.79 Å². The summed E-state index contributed by atoms with van der Waals surface area (Å²) in [6, 6.07) is 1.94. The quantitative estimate of drug-likeness (QED) is 0.404. The van der Waals surface area contributed by atoms with Crippen molar-refractivity contribution in [3.63, 3.8) is 0 Å². The lowest BCUT2D eigenvalue weighted by Gasteiger charge is -2.06. The smallest absolute Gasteiger partial charge is 0.271 e. The Labute approximate surface area is 146 Å². The summed E-state index contributed by atoms with van der Waals surface area (Å²) in [5.41, 5.74) is 1.81. The first kappa shape index (κ1) is 18.3. The number of aryl methyl sites for hydroxylation is 2. The van der Waals surface area contributed by atoms with E-state index in [2.05, 4.69) is 27.5 Å². The summed E-state index contributed by atoms with van der Waals surface area (Å²) < 4.78 is 3.00. The molecule has 0 unspecified atom stereocenters. The zero-order valence-corrected chi connectivity index (χ0v) is 15.3. The van der Waals surface area contributed by atoms with E-state index in [1.54, 1.807) is 4.68 Å². The fourth-order valence-electron chi connectivity index (χ4n) is 2.30. The molecule has 2 aromatic heterocycles. The van der Waals surface area contributed by atoms with Gasteiger partial charge in [-0.15, -0.1) is 10.2 Å². The summed E-state index contributed by atoms with van der Waals surface area (Å²) in [4.78, 5) is 11.8. The number of aromatic nitrogens is 5. The first-order valence-corrected chi connectivity index (χ1v) is 9.15. The van der Waals surface area contributed by atoms with Crippen molar-refractivity contribution in [3.8, 4) is 5.95 Å². The number of carbonyl (C=O) groups excluding carboxylic acids is 1. The van der Waals surface area contributed by atoms with Gasteiger partial charge in [0.2, 0.25) is 11.1 Å². The van der Waals surface area contributed by atoms with Gasteiger partial charge in [-0.3, -0.25) is 4.79 Å². The highest BCUT2D eigenvalue weighted by Gasteiger charge is 2.15. The minimum atomic E-state index is -0.0211. The van der Waals surface area contributed by atoms with Crippen molar-refractivity contribution in [2.75, 3.05) is 18.1 Å². The maximum absolute atomic E-state index is 11.8. The maximum atomic E-state index is 11.8. The van der Waals surface area contributed by atoms with Crippen LogP contribution >= 0.6 is 11.8 Å². The summed E-state index contributed by atoms with van der Waals surface area (Å²) in [6.45, 7) is 6.71. The van der Waals surface area contributed by atoms with Crippen LogP contribution in [0.3, 0.4) is 0 Å². The third kappa shape index (κ3) is 4.73. The summed E-state index contributed by atoms with van der Waals surface area (Å²) >= 11 is 1.26. The number of hydrogen-bond acceptors (Lipinski definition) is 6. The van der Waals surface area contributed by atoms with Gasteiger partial charge >= 0.3 is 0 Å². The van der Waals surface area contributed by atoms with Crippen LogP contribution in [-0.4, -0.2) is 42.9 Å². The van der Waals surface area contributed by atoms with Crippen molar-refractivity contribution in [2.45, 2.75) is 51.6 Å². The van der Waals surface area contributed by atoms with E-state index in [9.17, 15) is 4.79 Å². The highest BCUT2D eigenvalue weighted by atomic mass is 32.2.